The van der Waals surface area contributed by atoms with E-state index >= 15 is 0 Å². The molecule has 12 heavy (non-hydrogen) atoms. The van der Waals surface area contributed by atoms with Gasteiger partial charge in [0.25, 0.3) is 0 Å². The van der Waals surface area contributed by atoms with E-state index in [-0.39, 0.29) is 0 Å². The number of rotatable bonds is 4. The maximum absolute atomic E-state index is 9.38. The molecule has 0 saturated heterocycles. The molecule has 0 radical (unpaired) electrons. The van der Waals surface area contributed by atoms with Crippen molar-refractivity contribution in [1.29, 1.82) is 0 Å². The second-order valence-electron chi connectivity index (χ2n) is 3.64. The molecule has 0 bridgehead atoms. The second-order valence-corrected chi connectivity index (χ2v) is 3.64. The van der Waals surface area contributed by atoms with Crippen LogP contribution in [0.15, 0.2) is 18.5 Å². The highest BCUT2D eigenvalue weighted by atomic mass is 16.3. The van der Waals surface area contributed by atoms with E-state index in [1.165, 1.54) is 5.56 Å². The van der Waals surface area contributed by atoms with Gasteiger partial charge in [-0.25, -0.2) is 0 Å². The van der Waals surface area contributed by atoms with Crippen LogP contribution < -0.4 is 5.32 Å². The summed E-state index contributed by atoms with van der Waals surface area (Å²) in [6, 6.07) is 2.01. The Labute approximate surface area is 72.8 Å². The zero-order valence-corrected chi connectivity index (χ0v) is 7.59. The smallest absolute Gasteiger partial charge is 0.0715 e. The molecule has 1 aromatic heterocycles. The summed E-state index contributed by atoms with van der Waals surface area (Å²) in [7, 11) is 0. The number of hydrogen-bond acceptors (Lipinski definition) is 2. The van der Waals surface area contributed by atoms with E-state index < -0.39 is 5.60 Å². The molecule has 0 fully saturated rings. The number of aromatic amines is 1. The van der Waals surface area contributed by atoms with Gasteiger partial charge in [0.15, 0.2) is 0 Å². The summed E-state index contributed by atoms with van der Waals surface area (Å²) in [5, 5.41) is 12.5. The Bertz CT molecular complexity index is 211. The van der Waals surface area contributed by atoms with Crippen LogP contribution >= 0.6 is 0 Å². The Balaban J connectivity index is 2.20. The Hall–Kier alpha value is -0.800. The SMILES string of the molecule is CC(C)(O)CNCc1cc[nH]c1. The molecule has 0 spiro atoms. The molecule has 0 aromatic carbocycles. The number of nitrogens with one attached hydrogen (secondary N) is 2. The first-order valence-electron chi connectivity index (χ1n) is 4.13. The van der Waals surface area contributed by atoms with Gasteiger partial charge in [-0.1, -0.05) is 0 Å². The van der Waals surface area contributed by atoms with Gasteiger partial charge in [-0.2, -0.15) is 0 Å². The molecule has 0 aliphatic rings. The van der Waals surface area contributed by atoms with Gasteiger partial charge in [0, 0.05) is 25.5 Å². The Morgan fingerprint density at radius 1 is 1.58 bits per heavy atom. The molecule has 0 aliphatic carbocycles. The highest BCUT2D eigenvalue weighted by Crippen LogP contribution is 1.99. The number of hydrogen-bond donors (Lipinski definition) is 3. The first-order chi connectivity index (χ1) is 5.58. The molecule has 0 saturated carbocycles. The third-order valence-corrected chi connectivity index (χ3v) is 1.55. The Kier molecular flexibility index (Phi) is 2.89. The average Bonchev–Trinajstić information content (AvgIpc) is 2.36. The van der Waals surface area contributed by atoms with Gasteiger partial charge < -0.3 is 15.4 Å². The summed E-state index contributed by atoms with van der Waals surface area (Å²) in [6.07, 6.45) is 3.83. The largest absolute Gasteiger partial charge is 0.389 e. The lowest BCUT2D eigenvalue weighted by atomic mass is 10.1. The van der Waals surface area contributed by atoms with Crippen LogP contribution in [0.1, 0.15) is 19.4 Å². The van der Waals surface area contributed by atoms with Gasteiger partial charge in [-0.3, -0.25) is 0 Å². The van der Waals surface area contributed by atoms with Crippen LogP contribution in [0.4, 0.5) is 0 Å². The summed E-state index contributed by atoms with van der Waals surface area (Å²) >= 11 is 0. The van der Waals surface area contributed by atoms with E-state index in [1.807, 2.05) is 18.5 Å². The van der Waals surface area contributed by atoms with Crippen molar-refractivity contribution in [3.63, 3.8) is 0 Å². The van der Waals surface area contributed by atoms with E-state index in [0.717, 1.165) is 6.54 Å². The monoisotopic (exact) mass is 168 g/mol. The zero-order chi connectivity index (χ0) is 9.03. The van der Waals surface area contributed by atoms with E-state index in [0.29, 0.717) is 6.54 Å². The fraction of sp³-hybridized carbons (Fsp3) is 0.556. The van der Waals surface area contributed by atoms with Crippen molar-refractivity contribution in [2.75, 3.05) is 6.54 Å². The van der Waals surface area contributed by atoms with E-state index in [4.69, 9.17) is 0 Å². The van der Waals surface area contributed by atoms with Crippen molar-refractivity contribution in [1.82, 2.24) is 10.3 Å². The molecule has 68 valence electrons. The lowest BCUT2D eigenvalue weighted by Gasteiger charge is -2.17. The fourth-order valence-corrected chi connectivity index (χ4v) is 0.981. The Morgan fingerprint density at radius 3 is 2.83 bits per heavy atom. The molecule has 1 rings (SSSR count). The topological polar surface area (TPSA) is 48.0 Å². The van der Waals surface area contributed by atoms with Gasteiger partial charge in [0.1, 0.15) is 0 Å². The molecule has 3 nitrogen and oxygen atoms in total. The van der Waals surface area contributed by atoms with Crippen molar-refractivity contribution in [2.24, 2.45) is 0 Å². The molecule has 0 aliphatic heterocycles. The third-order valence-electron chi connectivity index (χ3n) is 1.55. The highest BCUT2D eigenvalue weighted by Gasteiger charge is 2.10. The predicted octanol–water partition coefficient (Wildman–Crippen LogP) is 0.875. The summed E-state index contributed by atoms with van der Waals surface area (Å²) in [6.45, 7) is 4.99. The standard InChI is InChI=1S/C9H16N2O/c1-9(2,12)7-11-6-8-3-4-10-5-8/h3-5,10-12H,6-7H2,1-2H3. The van der Waals surface area contributed by atoms with Crippen LogP contribution in [-0.4, -0.2) is 22.2 Å². The molecule has 1 heterocycles. The van der Waals surface area contributed by atoms with E-state index in [2.05, 4.69) is 10.3 Å². The van der Waals surface area contributed by atoms with Gasteiger partial charge in [0.2, 0.25) is 0 Å². The highest BCUT2D eigenvalue weighted by molar-refractivity contribution is 5.07. The molecule has 0 atom stereocenters. The average molecular weight is 168 g/mol. The van der Waals surface area contributed by atoms with Crippen molar-refractivity contribution < 1.29 is 5.11 Å². The zero-order valence-electron chi connectivity index (χ0n) is 7.59. The minimum atomic E-state index is -0.629. The fourth-order valence-electron chi connectivity index (χ4n) is 0.981. The lowest BCUT2D eigenvalue weighted by molar-refractivity contribution is 0.0795. The summed E-state index contributed by atoms with van der Waals surface area (Å²) in [5.74, 6) is 0. The van der Waals surface area contributed by atoms with Crippen LogP contribution in [0.5, 0.6) is 0 Å². The number of aliphatic hydroxyl groups is 1. The summed E-state index contributed by atoms with van der Waals surface area (Å²) in [4.78, 5) is 2.97. The lowest BCUT2D eigenvalue weighted by Crippen LogP contribution is -2.34. The van der Waals surface area contributed by atoms with E-state index in [9.17, 15) is 5.11 Å². The predicted molar refractivity (Wildman–Crippen MR) is 48.8 cm³/mol. The molecule has 0 unspecified atom stereocenters. The normalized spacial score (nSPS) is 11.9. The molecule has 1 aromatic rings. The minimum Gasteiger partial charge on any atom is -0.389 e. The minimum absolute atomic E-state index is 0.609. The van der Waals surface area contributed by atoms with Gasteiger partial charge in [0.05, 0.1) is 5.60 Å². The molecular weight excluding hydrogens is 152 g/mol. The van der Waals surface area contributed by atoms with E-state index in [1.54, 1.807) is 13.8 Å². The Morgan fingerprint density at radius 2 is 2.33 bits per heavy atom. The number of H-pyrrole nitrogens is 1. The first-order valence-corrected chi connectivity index (χ1v) is 4.13. The quantitative estimate of drug-likeness (QED) is 0.625. The molecule has 0 amide bonds. The van der Waals surface area contributed by atoms with Crippen molar-refractivity contribution in [2.45, 2.75) is 26.0 Å². The van der Waals surface area contributed by atoms with Crippen molar-refractivity contribution in [3.05, 3.63) is 24.0 Å². The van der Waals surface area contributed by atoms with Crippen LogP contribution in [0.25, 0.3) is 0 Å². The van der Waals surface area contributed by atoms with Gasteiger partial charge in [-0.15, -0.1) is 0 Å². The van der Waals surface area contributed by atoms with Crippen LogP contribution in [0, 0.1) is 0 Å². The maximum atomic E-state index is 9.38. The van der Waals surface area contributed by atoms with Gasteiger partial charge >= 0.3 is 0 Å². The van der Waals surface area contributed by atoms with Crippen molar-refractivity contribution in [3.8, 4) is 0 Å². The third kappa shape index (κ3) is 3.55. The summed E-state index contributed by atoms with van der Waals surface area (Å²) < 4.78 is 0. The van der Waals surface area contributed by atoms with Crippen LogP contribution in [-0.2, 0) is 6.54 Å². The second kappa shape index (κ2) is 3.74. The molecular formula is C9H16N2O. The van der Waals surface area contributed by atoms with Crippen LogP contribution in [0.3, 0.4) is 0 Å². The molecule has 3 heteroatoms. The van der Waals surface area contributed by atoms with Crippen LogP contribution in [0.2, 0.25) is 0 Å². The van der Waals surface area contributed by atoms with Crippen molar-refractivity contribution >= 4 is 0 Å². The molecule has 3 N–H and O–H groups in total. The first kappa shape index (κ1) is 9.29. The van der Waals surface area contributed by atoms with Gasteiger partial charge in [-0.05, 0) is 25.5 Å². The summed E-state index contributed by atoms with van der Waals surface area (Å²) in [5.41, 5.74) is 0.579. The maximum Gasteiger partial charge on any atom is 0.0715 e. The number of aromatic nitrogens is 1.